The van der Waals surface area contributed by atoms with E-state index in [1.54, 1.807) is 17.9 Å². The minimum absolute atomic E-state index is 0.174. The molecule has 1 aromatic heterocycles. The summed E-state index contributed by atoms with van der Waals surface area (Å²) < 4.78 is 6.89. The lowest BCUT2D eigenvalue weighted by atomic mass is 10.1. The van der Waals surface area contributed by atoms with Crippen molar-refractivity contribution >= 4 is 11.8 Å². The molecule has 0 fully saturated rings. The highest BCUT2D eigenvalue weighted by atomic mass is 16.5. The molecule has 2 heterocycles. The quantitative estimate of drug-likeness (QED) is 0.867. The van der Waals surface area contributed by atoms with Gasteiger partial charge in [0.1, 0.15) is 11.4 Å². The number of rotatable bonds is 5. The summed E-state index contributed by atoms with van der Waals surface area (Å²) in [4.78, 5) is 28.7. The average Bonchev–Trinajstić information content (AvgIpc) is 3.04. The second-order valence-corrected chi connectivity index (χ2v) is 6.51. The van der Waals surface area contributed by atoms with Gasteiger partial charge in [-0.2, -0.15) is 0 Å². The van der Waals surface area contributed by atoms with Crippen LogP contribution in [0.1, 0.15) is 46.6 Å². The van der Waals surface area contributed by atoms with Gasteiger partial charge in [-0.15, -0.1) is 0 Å². The van der Waals surface area contributed by atoms with Crippen molar-refractivity contribution in [2.75, 3.05) is 13.7 Å². The van der Waals surface area contributed by atoms with Crippen LogP contribution in [0.5, 0.6) is 5.75 Å². The Morgan fingerprint density at radius 3 is 2.76 bits per heavy atom. The molecule has 25 heavy (non-hydrogen) atoms. The van der Waals surface area contributed by atoms with Crippen molar-refractivity contribution in [1.82, 2.24) is 20.2 Å². The van der Waals surface area contributed by atoms with E-state index in [9.17, 15) is 9.59 Å². The molecule has 0 saturated carbocycles. The molecule has 0 bridgehead atoms. The Hall–Kier alpha value is -2.83. The summed E-state index contributed by atoms with van der Waals surface area (Å²) in [6.45, 7) is 5.14. The molecule has 3 rings (SSSR count). The normalized spacial score (nSPS) is 16.3. The monoisotopic (exact) mass is 342 g/mol. The predicted molar refractivity (Wildman–Crippen MR) is 92.6 cm³/mol. The van der Waals surface area contributed by atoms with Gasteiger partial charge in [-0.25, -0.2) is 4.98 Å². The number of carbonyl (C=O) groups excluding carboxylic acids is 2. The van der Waals surface area contributed by atoms with Crippen LogP contribution in [0.25, 0.3) is 0 Å². The van der Waals surface area contributed by atoms with Crippen molar-refractivity contribution in [2.24, 2.45) is 5.92 Å². The second-order valence-electron chi connectivity index (χ2n) is 6.51. The van der Waals surface area contributed by atoms with Crippen molar-refractivity contribution < 1.29 is 14.3 Å². The number of benzene rings is 1. The Bertz CT molecular complexity index is 780. The summed E-state index contributed by atoms with van der Waals surface area (Å²) in [6, 6.07) is 7.38. The van der Waals surface area contributed by atoms with Gasteiger partial charge in [0.05, 0.1) is 13.2 Å². The molecule has 0 radical (unpaired) electrons. The van der Waals surface area contributed by atoms with Crippen LogP contribution in [0.2, 0.25) is 0 Å². The standard InChI is InChI=1S/C18H22N4O3/c1-11(2)8-19-17(23)15-10-22-9-14(21-18(24)16(22)20-15)12-4-6-13(25-3)7-5-12/h4-7,10-11,14H,8-9H2,1-3H3,(H,19,23)(H,21,24). The minimum atomic E-state index is -0.282. The highest BCUT2D eigenvalue weighted by Gasteiger charge is 2.28. The minimum Gasteiger partial charge on any atom is -0.497 e. The van der Waals surface area contributed by atoms with E-state index < -0.39 is 0 Å². The topological polar surface area (TPSA) is 85.2 Å². The Labute approximate surface area is 146 Å². The number of fused-ring (bicyclic) bond motifs is 1. The molecule has 132 valence electrons. The number of nitrogens with zero attached hydrogens (tertiary/aromatic N) is 2. The smallest absolute Gasteiger partial charge is 0.287 e. The van der Waals surface area contributed by atoms with Gasteiger partial charge in [-0.05, 0) is 23.6 Å². The number of methoxy groups -OCH3 is 1. The van der Waals surface area contributed by atoms with Crippen LogP contribution in [-0.2, 0) is 6.54 Å². The van der Waals surface area contributed by atoms with Crippen molar-refractivity contribution in [3.8, 4) is 5.75 Å². The number of nitrogens with one attached hydrogen (secondary N) is 2. The van der Waals surface area contributed by atoms with Gasteiger partial charge in [-0.3, -0.25) is 9.59 Å². The third-order valence-electron chi connectivity index (χ3n) is 4.09. The van der Waals surface area contributed by atoms with Gasteiger partial charge < -0.3 is 19.9 Å². The summed E-state index contributed by atoms with van der Waals surface area (Å²) in [7, 11) is 1.61. The zero-order valence-corrected chi connectivity index (χ0v) is 14.6. The lowest BCUT2D eigenvalue weighted by Crippen LogP contribution is -2.38. The van der Waals surface area contributed by atoms with Crippen LogP contribution in [-0.4, -0.2) is 35.0 Å². The lowest BCUT2D eigenvalue weighted by Gasteiger charge is -2.25. The number of ether oxygens (including phenoxy) is 1. The number of hydrogen-bond acceptors (Lipinski definition) is 4. The van der Waals surface area contributed by atoms with Crippen LogP contribution in [0.3, 0.4) is 0 Å². The summed E-state index contributed by atoms with van der Waals surface area (Å²) in [6.07, 6.45) is 1.64. The molecule has 1 atom stereocenters. The van der Waals surface area contributed by atoms with Crippen molar-refractivity contribution in [1.29, 1.82) is 0 Å². The van der Waals surface area contributed by atoms with Gasteiger partial charge in [-0.1, -0.05) is 26.0 Å². The lowest BCUT2D eigenvalue weighted by molar-refractivity contribution is 0.0894. The molecule has 1 aliphatic heterocycles. The third kappa shape index (κ3) is 3.65. The number of hydrogen-bond donors (Lipinski definition) is 2. The first-order valence-electron chi connectivity index (χ1n) is 8.28. The third-order valence-corrected chi connectivity index (χ3v) is 4.09. The molecule has 0 spiro atoms. The molecule has 2 aromatic rings. The van der Waals surface area contributed by atoms with Crippen LogP contribution in [0.15, 0.2) is 30.5 Å². The number of imidazole rings is 1. The van der Waals surface area contributed by atoms with E-state index >= 15 is 0 Å². The number of amides is 2. The van der Waals surface area contributed by atoms with Gasteiger partial charge in [0.2, 0.25) is 0 Å². The summed E-state index contributed by atoms with van der Waals surface area (Å²) in [5.41, 5.74) is 1.24. The zero-order valence-electron chi connectivity index (χ0n) is 14.6. The van der Waals surface area contributed by atoms with Crippen LogP contribution < -0.4 is 15.4 Å². The van der Waals surface area contributed by atoms with Crippen molar-refractivity contribution in [3.05, 3.63) is 47.5 Å². The molecule has 7 nitrogen and oxygen atoms in total. The van der Waals surface area contributed by atoms with E-state index in [1.807, 2.05) is 38.1 Å². The SMILES string of the molecule is COc1ccc(C2Cn3cc(C(=O)NCC(C)C)nc3C(=O)N2)cc1. The second kappa shape index (κ2) is 6.96. The van der Waals surface area contributed by atoms with Gasteiger partial charge in [0.15, 0.2) is 5.82 Å². The Kier molecular flexibility index (Phi) is 4.74. The molecule has 1 aliphatic rings. The molecule has 1 aromatic carbocycles. The Morgan fingerprint density at radius 1 is 1.40 bits per heavy atom. The Morgan fingerprint density at radius 2 is 2.12 bits per heavy atom. The van der Waals surface area contributed by atoms with Gasteiger partial charge >= 0.3 is 0 Å². The Balaban J connectivity index is 1.78. The van der Waals surface area contributed by atoms with Crippen LogP contribution >= 0.6 is 0 Å². The molecular formula is C18H22N4O3. The van der Waals surface area contributed by atoms with Crippen molar-refractivity contribution in [2.45, 2.75) is 26.4 Å². The first kappa shape index (κ1) is 17.0. The average molecular weight is 342 g/mol. The molecule has 0 saturated heterocycles. The maximum Gasteiger partial charge on any atom is 0.287 e. The summed E-state index contributed by atoms with van der Waals surface area (Å²) in [5, 5.41) is 5.75. The number of aromatic nitrogens is 2. The van der Waals surface area contributed by atoms with E-state index in [0.717, 1.165) is 11.3 Å². The van der Waals surface area contributed by atoms with E-state index in [0.29, 0.717) is 19.0 Å². The number of carbonyl (C=O) groups is 2. The highest BCUT2D eigenvalue weighted by Crippen LogP contribution is 2.23. The summed E-state index contributed by atoms with van der Waals surface area (Å²) in [5.74, 6) is 0.834. The molecule has 1 unspecified atom stereocenters. The van der Waals surface area contributed by atoms with E-state index in [2.05, 4.69) is 15.6 Å². The van der Waals surface area contributed by atoms with E-state index in [4.69, 9.17) is 4.74 Å². The van der Waals surface area contributed by atoms with E-state index in [-0.39, 0.29) is 29.4 Å². The fraction of sp³-hybridized carbons (Fsp3) is 0.389. The zero-order chi connectivity index (χ0) is 18.0. The van der Waals surface area contributed by atoms with E-state index in [1.165, 1.54) is 0 Å². The molecule has 7 heteroatoms. The first-order valence-corrected chi connectivity index (χ1v) is 8.28. The van der Waals surface area contributed by atoms with Crippen LogP contribution in [0.4, 0.5) is 0 Å². The molecule has 2 N–H and O–H groups in total. The van der Waals surface area contributed by atoms with Gasteiger partial charge in [0, 0.05) is 19.3 Å². The van der Waals surface area contributed by atoms with Crippen molar-refractivity contribution in [3.63, 3.8) is 0 Å². The molecule has 2 amide bonds. The van der Waals surface area contributed by atoms with Gasteiger partial charge in [0.25, 0.3) is 11.8 Å². The maximum atomic E-state index is 12.3. The maximum absolute atomic E-state index is 12.3. The predicted octanol–water partition coefficient (Wildman–Crippen LogP) is 1.76. The largest absolute Gasteiger partial charge is 0.497 e. The molecular weight excluding hydrogens is 320 g/mol. The summed E-state index contributed by atoms with van der Waals surface area (Å²) >= 11 is 0. The van der Waals surface area contributed by atoms with Crippen LogP contribution in [0, 0.1) is 5.92 Å². The fourth-order valence-electron chi connectivity index (χ4n) is 2.72. The fourth-order valence-corrected chi connectivity index (χ4v) is 2.72. The molecule has 0 aliphatic carbocycles. The highest BCUT2D eigenvalue weighted by molar-refractivity contribution is 5.96. The first-order chi connectivity index (χ1) is 12.0.